The predicted molar refractivity (Wildman–Crippen MR) is 46.5 cm³/mol. The Kier molecular flexibility index (Phi) is 2.73. The van der Waals surface area contributed by atoms with Crippen LogP contribution in [0.15, 0.2) is 12.1 Å². The molecule has 0 fully saturated rings. The zero-order chi connectivity index (χ0) is 10.7. The van der Waals surface area contributed by atoms with E-state index in [1.165, 1.54) is 6.92 Å². The van der Waals surface area contributed by atoms with Crippen molar-refractivity contribution in [1.29, 1.82) is 5.26 Å². The van der Waals surface area contributed by atoms with Gasteiger partial charge in [-0.3, -0.25) is 9.59 Å². The molecule has 0 spiro atoms. The number of benzene rings is 1. The maximum absolute atomic E-state index is 13.0. The number of nitriles is 1. The number of aldehydes is 1. The summed E-state index contributed by atoms with van der Waals surface area (Å²) in [5, 5.41) is 8.48. The van der Waals surface area contributed by atoms with Crippen molar-refractivity contribution < 1.29 is 14.0 Å². The monoisotopic (exact) mass is 191 g/mol. The topological polar surface area (TPSA) is 57.9 Å². The number of carbonyl (C=O) groups excluding carboxylic acids is 2. The number of carbonyl (C=O) groups is 2. The lowest BCUT2D eigenvalue weighted by Crippen LogP contribution is -2.01. The van der Waals surface area contributed by atoms with E-state index in [9.17, 15) is 14.0 Å². The van der Waals surface area contributed by atoms with E-state index in [1.54, 1.807) is 6.07 Å². The molecule has 1 rings (SSSR count). The minimum absolute atomic E-state index is 0.00324. The van der Waals surface area contributed by atoms with Gasteiger partial charge in [0.05, 0.1) is 5.56 Å². The molecule has 0 radical (unpaired) electrons. The van der Waals surface area contributed by atoms with Gasteiger partial charge in [0.15, 0.2) is 12.1 Å². The van der Waals surface area contributed by atoms with Gasteiger partial charge < -0.3 is 0 Å². The number of hydrogen-bond donors (Lipinski definition) is 0. The molecule has 14 heavy (non-hydrogen) atoms. The Morgan fingerprint density at radius 2 is 2.21 bits per heavy atom. The highest BCUT2D eigenvalue weighted by molar-refractivity contribution is 6.01. The van der Waals surface area contributed by atoms with E-state index in [0.29, 0.717) is 6.29 Å². The maximum Gasteiger partial charge on any atom is 0.160 e. The van der Waals surface area contributed by atoms with Crippen molar-refractivity contribution in [2.45, 2.75) is 6.92 Å². The lowest BCUT2D eigenvalue weighted by molar-refractivity contribution is 0.100. The average Bonchev–Trinajstić information content (AvgIpc) is 2.17. The van der Waals surface area contributed by atoms with E-state index < -0.39 is 11.6 Å². The molecular formula is C10H6FNO2. The Hall–Kier alpha value is -2.02. The lowest BCUT2D eigenvalue weighted by Gasteiger charge is -2.01. The quantitative estimate of drug-likeness (QED) is 0.528. The Morgan fingerprint density at radius 1 is 1.57 bits per heavy atom. The summed E-state index contributed by atoms with van der Waals surface area (Å²) in [7, 11) is 0. The minimum Gasteiger partial charge on any atom is -0.298 e. The summed E-state index contributed by atoms with van der Waals surface area (Å²) in [4.78, 5) is 21.5. The molecule has 4 heteroatoms. The first-order chi connectivity index (χ1) is 6.60. The Morgan fingerprint density at radius 3 is 2.64 bits per heavy atom. The first-order valence-corrected chi connectivity index (χ1v) is 3.80. The largest absolute Gasteiger partial charge is 0.298 e. The van der Waals surface area contributed by atoms with Crippen LogP contribution >= 0.6 is 0 Å². The molecule has 0 heterocycles. The van der Waals surface area contributed by atoms with Crippen LogP contribution in [0.2, 0.25) is 0 Å². The summed E-state index contributed by atoms with van der Waals surface area (Å²) >= 11 is 0. The zero-order valence-corrected chi connectivity index (χ0v) is 7.37. The van der Waals surface area contributed by atoms with Crippen molar-refractivity contribution in [3.05, 3.63) is 34.6 Å². The van der Waals surface area contributed by atoms with Crippen LogP contribution in [-0.4, -0.2) is 12.1 Å². The van der Waals surface area contributed by atoms with Gasteiger partial charge in [-0.05, 0) is 19.1 Å². The van der Waals surface area contributed by atoms with Crippen LogP contribution in [0.25, 0.3) is 0 Å². The van der Waals surface area contributed by atoms with Crippen molar-refractivity contribution in [3.8, 4) is 6.07 Å². The third-order valence-electron chi connectivity index (χ3n) is 1.77. The number of hydrogen-bond acceptors (Lipinski definition) is 3. The third kappa shape index (κ3) is 1.67. The van der Waals surface area contributed by atoms with E-state index >= 15 is 0 Å². The molecule has 0 aromatic heterocycles. The second-order valence-electron chi connectivity index (χ2n) is 2.71. The highest BCUT2D eigenvalue weighted by Gasteiger charge is 2.11. The molecule has 0 unspecified atom stereocenters. The van der Waals surface area contributed by atoms with Crippen molar-refractivity contribution in [2.75, 3.05) is 0 Å². The third-order valence-corrected chi connectivity index (χ3v) is 1.77. The molecule has 1 aromatic rings. The van der Waals surface area contributed by atoms with E-state index in [1.807, 2.05) is 0 Å². The molecule has 0 saturated heterocycles. The maximum atomic E-state index is 13.0. The molecule has 0 bridgehead atoms. The normalized spacial score (nSPS) is 9.21. The fraction of sp³-hybridized carbons (Fsp3) is 0.100. The van der Waals surface area contributed by atoms with Gasteiger partial charge in [-0.2, -0.15) is 5.26 Å². The van der Waals surface area contributed by atoms with Crippen LogP contribution < -0.4 is 0 Å². The molecule has 3 nitrogen and oxygen atoms in total. The fourth-order valence-corrected chi connectivity index (χ4v) is 1.08. The number of nitrogens with zero attached hydrogens (tertiary/aromatic N) is 1. The highest BCUT2D eigenvalue weighted by Crippen LogP contribution is 2.14. The van der Waals surface area contributed by atoms with Gasteiger partial charge in [0.2, 0.25) is 0 Å². The smallest absolute Gasteiger partial charge is 0.160 e. The van der Waals surface area contributed by atoms with Crippen LogP contribution in [-0.2, 0) is 0 Å². The summed E-state index contributed by atoms with van der Waals surface area (Å²) in [5.74, 6) is -1.20. The Balaban J connectivity index is 3.48. The van der Waals surface area contributed by atoms with Crippen LogP contribution in [0.5, 0.6) is 0 Å². The molecule has 0 atom stereocenters. The zero-order valence-electron chi connectivity index (χ0n) is 7.37. The van der Waals surface area contributed by atoms with Crippen molar-refractivity contribution >= 4 is 12.1 Å². The first-order valence-electron chi connectivity index (χ1n) is 3.80. The van der Waals surface area contributed by atoms with Gasteiger partial charge in [0, 0.05) is 11.1 Å². The van der Waals surface area contributed by atoms with Crippen LogP contribution in [0.1, 0.15) is 33.2 Å². The summed E-state index contributed by atoms with van der Waals surface area (Å²) in [6.45, 7) is 1.23. The van der Waals surface area contributed by atoms with E-state index in [0.717, 1.165) is 12.1 Å². The van der Waals surface area contributed by atoms with Gasteiger partial charge in [-0.1, -0.05) is 0 Å². The van der Waals surface area contributed by atoms with Crippen LogP contribution in [0.3, 0.4) is 0 Å². The molecular weight excluding hydrogens is 185 g/mol. The number of ketones is 1. The van der Waals surface area contributed by atoms with Gasteiger partial charge >= 0.3 is 0 Å². The predicted octanol–water partition coefficient (Wildman–Crippen LogP) is 1.71. The van der Waals surface area contributed by atoms with Crippen molar-refractivity contribution in [2.24, 2.45) is 0 Å². The second kappa shape index (κ2) is 3.79. The Bertz CT molecular complexity index is 446. The molecule has 0 aliphatic heterocycles. The molecule has 70 valence electrons. The summed E-state index contributed by atoms with van der Waals surface area (Å²) in [5.41, 5.74) is -0.205. The SMILES string of the molecule is CC(=O)c1cc(F)c(C#N)cc1C=O. The molecule has 0 N–H and O–H groups in total. The van der Waals surface area contributed by atoms with E-state index in [-0.39, 0.29) is 16.7 Å². The van der Waals surface area contributed by atoms with Crippen LogP contribution in [0, 0.1) is 17.1 Å². The second-order valence-corrected chi connectivity index (χ2v) is 2.71. The van der Waals surface area contributed by atoms with Gasteiger partial charge in [0.1, 0.15) is 11.9 Å². The van der Waals surface area contributed by atoms with Gasteiger partial charge in [-0.15, -0.1) is 0 Å². The van der Waals surface area contributed by atoms with E-state index in [4.69, 9.17) is 5.26 Å². The van der Waals surface area contributed by atoms with Crippen molar-refractivity contribution in [1.82, 2.24) is 0 Å². The molecule has 0 aliphatic carbocycles. The van der Waals surface area contributed by atoms with Crippen LogP contribution in [0.4, 0.5) is 4.39 Å². The fourth-order valence-electron chi connectivity index (χ4n) is 1.08. The standard InChI is InChI=1S/C10H6FNO2/c1-6(14)9-3-10(11)7(4-12)2-8(9)5-13/h2-3,5H,1H3. The van der Waals surface area contributed by atoms with Gasteiger partial charge in [0.25, 0.3) is 0 Å². The number of halogens is 1. The number of rotatable bonds is 2. The lowest BCUT2D eigenvalue weighted by atomic mass is 10.0. The van der Waals surface area contributed by atoms with Gasteiger partial charge in [-0.25, -0.2) is 4.39 Å². The first kappa shape index (κ1) is 10.1. The summed E-state index contributed by atoms with van der Waals surface area (Å²) in [6, 6.07) is 3.57. The summed E-state index contributed by atoms with van der Waals surface area (Å²) in [6.07, 6.45) is 0.428. The molecule has 0 saturated carbocycles. The molecule has 0 amide bonds. The number of Topliss-reactive ketones (excluding diaryl/α,β-unsaturated/α-hetero) is 1. The molecule has 0 aliphatic rings. The highest BCUT2D eigenvalue weighted by atomic mass is 19.1. The molecule has 1 aromatic carbocycles. The average molecular weight is 191 g/mol. The van der Waals surface area contributed by atoms with Crippen molar-refractivity contribution in [3.63, 3.8) is 0 Å². The van der Waals surface area contributed by atoms with E-state index in [2.05, 4.69) is 0 Å². The minimum atomic E-state index is -0.789. The Labute approximate surface area is 79.8 Å². The summed E-state index contributed by atoms with van der Waals surface area (Å²) < 4.78 is 13.0.